The molecule has 0 heterocycles. The van der Waals surface area contributed by atoms with Crippen molar-refractivity contribution in [3.8, 4) is 29.4 Å². The van der Waals surface area contributed by atoms with Crippen molar-refractivity contribution >= 4 is 15.9 Å². The van der Waals surface area contributed by atoms with E-state index in [2.05, 4.69) is 28.1 Å². The number of hydrogen-bond acceptors (Lipinski definition) is 4. The summed E-state index contributed by atoms with van der Waals surface area (Å²) in [5, 5.41) is 17.7. The van der Waals surface area contributed by atoms with E-state index < -0.39 is 0 Å². The number of benzene rings is 3. The van der Waals surface area contributed by atoms with Crippen LogP contribution in [-0.2, 0) is 6.61 Å². The Hall–Kier alpha value is -3.28. The van der Waals surface area contributed by atoms with Crippen molar-refractivity contribution in [1.29, 1.82) is 10.5 Å². The van der Waals surface area contributed by atoms with Crippen LogP contribution >= 0.6 is 15.9 Å². The molecule has 0 saturated carbocycles. The zero-order valence-corrected chi connectivity index (χ0v) is 15.2. The van der Waals surface area contributed by atoms with Crippen molar-refractivity contribution in [3.63, 3.8) is 0 Å². The highest BCUT2D eigenvalue weighted by atomic mass is 79.9. The topological polar surface area (TPSA) is 66.0 Å². The fraction of sp³-hybridized carbons (Fsp3) is 0.0476. The third-order valence-electron chi connectivity index (χ3n) is 3.61. The first-order valence-electron chi connectivity index (χ1n) is 7.77. The molecule has 0 aliphatic heterocycles. The predicted octanol–water partition coefficient (Wildman–Crippen LogP) is 5.56. The zero-order valence-electron chi connectivity index (χ0n) is 13.6. The van der Waals surface area contributed by atoms with E-state index in [1.807, 2.05) is 18.2 Å². The Kier molecular flexibility index (Phi) is 5.53. The minimum absolute atomic E-state index is 0.358. The fourth-order valence-electron chi connectivity index (χ4n) is 2.25. The minimum Gasteiger partial charge on any atom is -0.489 e. The van der Waals surface area contributed by atoms with Gasteiger partial charge in [-0.05, 0) is 66.7 Å². The predicted molar refractivity (Wildman–Crippen MR) is 101 cm³/mol. The Morgan fingerprint density at radius 1 is 0.731 bits per heavy atom. The molecule has 0 atom stereocenters. The maximum Gasteiger partial charge on any atom is 0.127 e. The molecule has 26 heavy (non-hydrogen) atoms. The summed E-state index contributed by atoms with van der Waals surface area (Å²) in [6.45, 7) is 0.358. The van der Waals surface area contributed by atoms with Crippen molar-refractivity contribution in [2.75, 3.05) is 0 Å². The van der Waals surface area contributed by atoms with E-state index in [0.29, 0.717) is 35.0 Å². The smallest absolute Gasteiger partial charge is 0.127 e. The molecular weight excluding hydrogens is 392 g/mol. The first-order valence-corrected chi connectivity index (χ1v) is 8.56. The molecule has 4 nitrogen and oxygen atoms in total. The van der Waals surface area contributed by atoms with Crippen LogP contribution < -0.4 is 9.47 Å². The van der Waals surface area contributed by atoms with Crippen LogP contribution in [0.25, 0.3) is 0 Å². The molecule has 0 bridgehead atoms. The molecule has 0 saturated heterocycles. The number of hydrogen-bond donors (Lipinski definition) is 0. The van der Waals surface area contributed by atoms with Crippen molar-refractivity contribution < 1.29 is 9.47 Å². The van der Waals surface area contributed by atoms with Gasteiger partial charge in [-0.2, -0.15) is 10.5 Å². The van der Waals surface area contributed by atoms with Crippen LogP contribution in [0.4, 0.5) is 0 Å². The molecule has 0 aliphatic carbocycles. The van der Waals surface area contributed by atoms with Crippen LogP contribution in [0.15, 0.2) is 71.2 Å². The minimum atomic E-state index is 0.358. The van der Waals surface area contributed by atoms with Gasteiger partial charge in [0.05, 0.1) is 23.3 Å². The lowest BCUT2D eigenvalue weighted by molar-refractivity contribution is 0.305. The summed E-state index contributed by atoms with van der Waals surface area (Å²) >= 11 is 3.52. The largest absolute Gasteiger partial charge is 0.489 e. The van der Waals surface area contributed by atoms with Crippen LogP contribution in [0.3, 0.4) is 0 Å². The molecule has 0 radical (unpaired) electrons. The second-order valence-electron chi connectivity index (χ2n) is 5.42. The van der Waals surface area contributed by atoms with Gasteiger partial charge in [0.25, 0.3) is 0 Å². The summed E-state index contributed by atoms with van der Waals surface area (Å²) in [6.07, 6.45) is 0. The lowest BCUT2D eigenvalue weighted by Crippen LogP contribution is -1.97. The van der Waals surface area contributed by atoms with Gasteiger partial charge in [-0.1, -0.05) is 15.9 Å². The van der Waals surface area contributed by atoms with Crippen LogP contribution in [0.5, 0.6) is 17.2 Å². The van der Waals surface area contributed by atoms with Crippen LogP contribution in [0, 0.1) is 22.7 Å². The number of rotatable bonds is 5. The monoisotopic (exact) mass is 404 g/mol. The standard InChI is InChI=1S/C21H13BrN2O2/c22-21-10-9-20(26-19-7-3-16(13-24)4-8-19)11-17(21)14-25-18-5-1-15(12-23)2-6-18/h1-11H,14H2. The molecule has 0 N–H and O–H groups in total. The summed E-state index contributed by atoms with van der Waals surface area (Å²) < 4.78 is 12.5. The van der Waals surface area contributed by atoms with Gasteiger partial charge in [0.1, 0.15) is 23.9 Å². The van der Waals surface area contributed by atoms with E-state index in [-0.39, 0.29) is 0 Å². The van der Waals surface area contributed by atoms with E-state index in [9.17, 15) is 0 Å². The lowest BCUT2D eigenvalue weighted by atomic mass is 10.2. The molecule has 0 spiro atoms. The van der Waals surface area contributed by atoms with Crippen molar-refractivity contribution in [2.45, 2.75) is 6.61 Å². The SMILES string of the molecule is N#Cc1ccc(OCc2cc(Oc3ccc(C#N)cc3)ccc2Br)cc1. The number of nitriles is 2. The van der Waals surface area contributed by atoms with Gasteiger partial charge >= 0.3 is 0 Å². The van der Waals surface area contributed by atoms with E-state index in [1.165, 1.54) is 0 Å². The molecule has 0 unspecified atom stereocenters. The summed E-state index contributed by atoms with van der Waals surface area (Å²) in [7, 11) is 0. The number of halogens is 1. The molecule has 5 heteroatoms. The molecule has 3 aromatic rings. The Labute approximate surface area is 160 Å². The van der Waals surface area contributed by atoms with Gasteiger partial charge in [0.15, 0.2) is 0 Å². The van der Waals surface area contributed by atoms with Crippen molar-refractivity contribution in [1.82, 2.24) is 0 Å². The van der Waals surface area contributed by atoms with Gasteiger partial charge in [0.2, 0.25) is 0 Å². The van der Waals surface area contributed by atoms with Gasteiger partial charge in [-0.25, -0.2) is 0 Å². The molecule has 126 valence electrons. The first-order chi connectivity index (χ1) is 12.7. The van der Waals surface area contributed by atoms with Crippen LogP contribution in [0.2, 0.25) is 0 Å². The van der Waals surface area contributed by atoms with Gasteiger partial charge in [0, 0.05) is 10.0 Å². The van der Waals surface area contributed by atoms with Crippen LogP contribution in [-0.4, -0.2) is 0 Å². The molecule has 0 aliphatic rings. The van der Waals surface area contributed by atoms with E-state index in [4.69, 9.17) is 20.0 Å². The quantitative estimate of drug-likeness (QED) is 0.557. The average Bonchev–Trinajstić information content (AvgIpc) is 2.69. The molecular formula is C21H13BrN2O2. The zero-order chi connectivity index (χ0) is 18.4. The summed E-state index contributed by atoms with van der Waals surface area (Å²) in [5.74, 6) is 2.02. The molecule has 3 aromatic carbocycles. The average molecular weight is 405 g/mol. The molecule has 0 fully saturated rings. The molecule has 0 amide bonds. The Morgan fingerprint density at radius 3 is 1.85 bits per heavy atom. The van der Waals surface area contributed by atoms with Gasteiger partial charge in [-0.3, -0.25) is 0 Å². The summed E-state index contributed by atoms with van der Waals surface area (Å²) in [6, 6.07) is 23.7. The second kappa shape index (κ2) is 8.20. The number of nitrogens with zero attached hydrogens (tertiary/aromatic N) is 2. The number of ether oxygens (including phenoxy) is 2. The fourth-order valence-corrected chi connectivity index (χ4v) is 2.61. The van der Waals surface area contributed by atoms with Gasteiger partial charge < -0.3 is 9.47 Å². The third kappa shape index (κ3) is 4.42. The van der Waals surface area contributed by atoms with Crippen LogP contribution in [0.1, 0.15) is 16.7 Å². The first kappa shape index (κ1) is 17.5. The Bertz CT molecular complexity index is 985. The highest BCUT2D eigenvalue weighted by Crippen LogP contribution is 2.28. The maximum absolute atomic E-state index is 8.84. The van der Waals surface area contributed by atoms with Crippen molar-refractivity contribution in [3.05, 3.63) is 87.9 Å². The highest BCUT2D eigenvalue weighted by molar-refractivity contribution is 9.10. The van der Waals surface area contributed by atoms with E-state index in [0.717, 1.165) is 10.0 Å². The molecule has 0 aromatic heterocycles. The molecule has 3 rings (SSSR count). The lowest BCUT2D eigenvalue weighted by Gasteiger charge is -2.11. The summed E-state index contributed by atoms with van der Waals surface area (Å²) in [4.78, 5) is 0. The van der Waals surface area contributed by atoms with Crippen molar-refractivity contribution in [2.24, 2.45) is 0 Å². The van der Waals surface area contributed by atoms with E-state index >= 15 is 0 Å². The maximum atomic E-state index is 8.84. The Morgan fingerprint density at radius 2 is 1.27 bits per heavy atom. The Balaban J connectivity index is 1.70. The highest BCUT2D eigenvalue weighted by Gasteiger charge is 2.06. The van der Waals surface area contributed by atoms with E-state index in [1.54, 1.807) is 48.5 Å². The second-order valence-corrected chi connectivity index (χ2v) is 6.27. The normalized spacial score (nSPS) is 9.81. The summed E-state index contributed by atoms with van der Waals surface area (Å²) in [5.41, 5.74) is 2.11. The van der Waals surface area contributed by atoms with Gasteiger partial charge in [-0.15, -0.1) is 0 Å². The third-order valence-corrected chi connectivity index (χ3v) is 4.39.